The lowest BCUT2D eigenvalue weighted by atomic mass is 9.93. The first-order valence-electron chi connectivity index (χ1n) is 10.4. The van der Waals surface area contributed by atoms with E-state index in [4.69, 9.17) is 5.26 Å². The number of rotatable bonds is 4. The van der Waals surface area contributed by atoms with Crippen molar-refractivity contribution in [1.82, 2.24) is 0 Å². The Bertz CT molecular complexity index is 1540. The van der Waals surface area contributed by atoms with Gasteiger partial charge in [0.15, 0.2) is 5.75 Å². The quantitative estimate of drug-likeness (QED) is 0.280. The third kappa shape index (κ3) is 5.43. The van der Waals surface area contributed by atoms with E-state index < -0.39 is 41.2 Å². The Balaban J connectivity index is 1.80. The molecule has 4 aromatic carbocycles. The topological polar surface area (TPSA) is 82.4 Å². The Morgan fingerprint density at radius 2 is 1.54 bits per heavy atom. The van der Waals surface area contributed by atoms with Crippen LogP contribution in [0.15, 0.2) is 72.8 Å². The first kappa shape index (κ1) is 25.4. The Morgan fingerprint density at radius 3 is 2.14 bits per heavy atom. The van der Waals surface area contributed by atoms with Crippen LogP contribution in [0.1, 0.15) is 21.5 Å². The molecule has 4 rings (SSSR count). The molecule has 5 nitrogen and oxygen atoms in total. The summed E-state index contributed by atoms with van der Waals surface area (Å²) in [6.45, 7) is 0. The average Bonchev–Trinajstić information content (AvgIpc) is 2.84. The van der Waals surface area contributed by atoms with Gasteiger partial charge in [-0.05, 0) is 46.8 Å². The van der Waals surface area contributed by atoms with Gasteiger partial charge in [-0.25, -0.2) is 0 Å². The summed E-state index contributed by atoms with van der Waals surface area (Å²) in [5.74, 6) is -2.35. The van der Waals surface area contributed by atoms with Crippen LogP contribution in [0.4, 0.5) is 32.0 Å². The smallest absolute Gasteiger partial charge is 0.506 e. The zero-order chi connectivity index (χ0) is 27.0. The lowest BCUT2D eigenvalue weighted by Crippen LogP contribution is -2.20. The minimum absolute atomic E-state index is 0.157. The molecule has 2 N–H and O–H groups in total. The highest BCUT2D eigenvalue weighted by Gasteiger charge is 2.33. The van der Waals surface area contributed by atoms with Gasteiger partial charge in [0.05, 0.1) is 28.4 Å². The number of hydrogen-bond acceptors (Lipinski definition) is 4. The van der Waals surface area contributed by atoms with Crippen molar-refractivity contribution in [3.63, 3.8) is 0 Å². The molecule has 4 aromatic rings. The molecule has 0 radical (unpaired) electrons. The van der Waals surface area contributed by atoms with Crippen molar-refractivity contribution in [2.75, 3.05) is 5.32 Å². The highest BCUT2D eigenvalue weighted by Crippen LogP contribution is 2.39. The van der Waals surface area contributed by atoms with Crippen molar-refractivity contribution < 1.29 is 41.0 Å². The SMILES string of the molecule is N#Cc1ccc(NC(=O)c2cc(-c3ccc(C(F)(F)F)cc3)c3ccccc3c2O)c(OC(F)(F)F)c1. The number of fused-ring (bicyclic) bond motifs is 1. The van der Waals surface area contributed by atoms with Crippen LogP contribution in [0.2, 0.25) is 0 Å². The van der Waals surface area contributed by atoms with Crippen molar-refractivity contribution in [2.24, 2.45) is 0 Å². The molecule has 0 aromatic heterocycles. The molecule has 0 fully saturated rings. The minimum atomic E-state index is -5.12. The van der Waals surface area contributed by atoms with Gasteiger partial charge in [0.2, 0.25) is 0 Å². The van der Waals surface area contributed by atoms with Crippen LogP contribution in [-0.2, 0) is 6.18 Å². The fourth-order valence-electron chi connectivity index (χ4n) is 3.70. The Labute approximate surface area is 205 Å². The molecule has 188 valence electrons. The number of phenols is 1. The van der Waals surface area contributed by atoms with Crippen LogP contribution >= 0.6 is 0 Å². The molecule has 0 aliphatic carbocycles. The van der Waals surface area contributed by atoms with Gasteiger partial charge in [-0.15, -0.1) is 13.2 Å². The molecule has 0 spiro atoms. The number of carbonyl (C=O) groups is 1. The fraction of sp³-hybridized carbons (Fsp3) is 0.0769. The maximum absolute atomic E-state index is 13.1. The second kappa shape index (κ2) is 9.39. The summed E-state index contributed by atoms with van der Waals surface area (Å²) in [7, 11) is 0. The maximum Gasteiger partial charge on any atom is 0.573 e. The number of nitrogens with zero attached hydrogens (tertiary/aromatic N) is 1. The third-order valence-corrected chi connectivity index (χ3v) is 5.37. The third-order valence-electron chi connectivity index (χ3n) is 5.37. The number of amides is 1. The van der Waals surface area contributed by atoms with E-state index in [1.807, 2.05) is 0 Å². The summed E-state index contributed by atoms with van der Waals surface area (Å²) >= 11 is 0. The van der Waals surface area contributed by atoms with Gasteiger partial charge < -0.3 is 15.2 Å². The summed E-state index contributed by atoms with van der Waals surface area (Å²) in [5, 5.41) is 22.6. The number of halogens is 6. The Kier molecular flexibility index (Phi) is 6.44. The number of ether oxygens (including phenoxy) is 1. The van der Waals surface area contributed by atoms with Crippen LogP contribution in [0.3, 0.4) is 0 Å². The van der Waals surface area contributed by atoms with Gasteiger partial charge >= 0.3 is 12.5 Å². The molecule has 1 amide bonds. The number of phenolic OH excluding ortho intramolecular Hbond substituents is 1. The Morgan fingerprint density at radius 1 is 0.892 bits per heavy atom. The van der Waals surface area contributed by atoms with Crippen LogP contribution in [0, 0.1) is 11.3 Å². The molecule has 0 unspecified atom stereocenters. The van der Waals surface area contributed by atoms with Crippen LogP contribution in [0.25, 0.3) is 21.9 Å². The second-order valence-corrected chi connectivity index (χ2v) is 7.77. The number of carbonyl (C=O) groups excluding carboxylic acids is 1. The molecule has 37 heavy (non-hydrogen) atoms. The lowest BCUT2D eigenvalue weighted by Gasteiger charge is -2.16. The Hall–Kier alpha value is -4.72. The molecule has 0 saturated heterocycles. The molecule has 0 aliphatic rings. The van der Waals surface area contributed by atoms with Crippen molar-refractivity contribution in [3.8, 4) is 28.7 Å². The largest absolute Gasteiger partial charge is 0.573 e. The summed E-state index contributed by atoms with van der Waals surface area (Å²) in [5.41, 5.74) is -1.21. The lowest BCUT2D eigenvalue weighted by molar-refractivity contribution is -0.274. The molecule has 0 bridgehead atoms. The van der Waals surface area contributed by atoms with E-state index in [1.54, 1.807) is 24.3 Å². The zero-order valence-electron chi connectivity index (χ0n) is 18.4. The predicted octanol–water partition coefficient (Wildman–Crippen LogP) is 7.25. The molecule has 0 aliphatic heterocycles. The molecular weight excluding hydrogens is 502 g/mol. The van der Waals surface area contributed by atoms with Gasteiger partial charge in [0, 0.05) is 11.5 Å². The van der Waals surface area contributed by atoms with E-state index in [2.05, 4.69) is 10.1 Å². The van der Waals surface area contributed by atoms with Crippen LogP contribution < -0.4 is 10.1 Å². The first-order chi connectivity index (χ1) is 17.4. The van der Waals surface area contributed by atoms with E-state index in [-0.39, 0.29) is 16.5 Å². The number of alkyl halides is 6. The summed E-state index contributed by atoms with van der Waals surface area (Å²) in [6.07, 6.45) is -9.67. The number of hydrogen-bond donors (Lipinski definition) is 2. The van der Waals surface area contributed by atoms with Crippen LogP contribution in [0.5, 0.6) is 11.5 Å². The first-order valence-corrected chi connectivity index (χ1v) is 10.4. The monoisotopic (exact) mass is 516 g/mol. The highest BCUT2D eigenvalue weighted by atomic mass is 19.4. The van der Waals surface area contributed by atoms with Crippen molar-refractivity contribution in [2.45, 2.75) is 12.5 Å². The zero-order valence-corrected chi connectivity index (χ0v) is 18.4. The molecule has 0 heterocycles. The standard InChI is InChI=1S/C26H14F6N2O3/c27-25(28,29)16-8-6-15(7-9-16)19-12-20(23(35)18-4-2-1-3-17(18)19)24(36)34-21-10-5-14(13-33)11-22(21)37-26(30,31)32/h1-12,35H,(H,34,36). The van der Waals surface area contributed by atoms with Gasteiger partial charge in [0.25, 0.3) is 5.91 Å². The highest BCUT2D eigenvalue weighted by molar-refractivity contribution is 6.13. The minimum Gasteiger partial charge on any atom is -0.506 e. The summed E-state index contributed by atoms with van der Waals surface area (Å²) in [6, 6.07) is 16.3. The number of nitrogens with one attached hydrogen (secondary N) is 1. The van der Waals surface area contributed by atoms with Crippen molar-refractivity contribution in [3.05, 3.63) is 89.5 Å². The van der Waals surface area contributed by atoms with Gasteiger partial charge in [-0.1, -0.05) is 36.4 Å². The van der Waals surface area contributed by atoms with E-state index in [9.17, 15) is 36.2 Å². The van der Waals surface area contributed by atoms with Crippen molar-refractivity contribution >= 4 is 22.4 Å². The summed E-state index contributed by atoms with van der Waals surface area (Å²) < 4.78 is 81.5. The molecular formula is C26H14F6N2O3. The fourth-order valence-corrected chi connectivity index (χ4v) is 3.70. The average molecular weight is 516 g/mol. The molecule has 0 atom stereocenters. The number of nitriles is 1. The number of aromatic hydroxyl groups is 1. The second-order valence-electron chi connectivity index (χ2n) is 7.77. The van der Waals surface area contributed by atoms with E-state index in [1.165, 1.54) is 24.3 Å². The van der Waals surface area contributed by atoms with Gasteiger partial charge in [-0.2, -0.15) is 18.4 Å². The molecule has 11 heteroatoms. The molecule has 0 saturated carbocycles. The number of anilines is 1. The number of benzene rings is 4. The van der Waals surface area contributed by atoms with Gasteiger partial charge in [0.1, 0.15) is 5.75 Å². The predicted molar refractivity (Wildman–Crippen MR) is 122 cm³/mol. The van der Waals surface area contributed by atoms with E-state index >= 15 is 0 Å². The van der Waals surface area contributed by atoms with E-state index in [0.29, 0.717) is 16.5 Å². The van der Waals surface area contributed by atoms with E-state index in [0.717, 1.165) is 30.3 Å². The normalized spacial score (nSPS) is 11.7. The van der Waals surface area contributed by atoms with Crippen LogP contribution in [-0.4, -0.2) is 17.4 Å². The summed E-state index contributed by atoms with van der Waals surface area (Å²) in [4.78, 5) is 13.1. The maximum atomic E-state index is 13.1. The van der Waals surface area contributed by atoms with Gasteiger partial charge in [-0.3, -0.25) is 4.79 Å². The van der Waals surface area contributed by atoms with Crippen molar-refractivity contribution in [1.29, 1.82) is 5.26 Å².